The summed E-state index contributed by atoms with van der Waals surface area (Å²) in [5, 5.41) is -1.19. The van der Waals surface area contributed by atoms with Crippen molar-refractivity contribution in [2.24, 2.45) is 0 Å². The minimum Gasteiger partial charge on any atom is -0.462 e. The highest BCUT2D eigenvalue weighted by molar-refractivity contribution is 5.93. The largest absolute Gasteiger partial charge is 0.462 e. The van der Waals surface area contributed by atoms with Crippen molar-refractivity contribution in [3.63, 3.8) is 0 Å². The second-order valence-corrected chi connectivity index (χ2v) is 3.66. The van der Waals surface area contributed by atoms with Gasteiger partial charge in [0, 0.05) is 0 Å². The highest BCUT2D eigenvalue weighted by Crippen LogP contribution is 2.25. The smallest absolute Gasteiger partial charge is 0.345 e. The number of carbonyl (C=O) groups excluding carboxylic acids is 1. The van der Waals surface area contributed by atoms with E-state index >= 15 is 0 Å². The zero-order chi connectivity index (χ0) is 15.0. The molecule has 0 radical (unpaired) electrons. The highest BCUT2D eigenvalue weighted by Gasteiger charge is 2.26. The zero-order valence-corrected chi connectivity index (χ0v) is 9.93. The van der Waals surface area contributed by atoms with Crippen molar-refractivity contribution in [1.29, 1.82) is 0 Å². The number of rotatable bonds is 2. The molecule has 2 aromatic rings. The monoisotopic (exact) mass is 290 g/mol. The van der Waals surface area contributed by atoms with Gasteiger partial charge in [-0.05, 0) is 6.92 Å². The lowest BCUT2D eigenvalue weighted by Gasteiger charge is -2.05. The van der Waals surface area contributed by atoms with E-state index in [-0.39, 0.29) is 6.61 Å². The number of carbonyl (C=O) groups is 1. The van der Waals surface area contributed by atoms with E-state index in [0.717, 1.165) is 0 Å². The molecule has 0 atom stereocenters. The van der Waals surface area contributed by atoms with Gasteiger partial charge in [-0.3, -0.25) is 4.79 Å². The van der Waals surface area contributed by atoms with Crippen LogP contribution in [0.25, 0.3) is 11.0 Å². The Balaban J connectivity index is 2.87. The van der Waals surface area contributed by atoms with Gasteiger partial charge in [-0.25, -0.2) is 18.0 Å². The van der Waals surface area contributed by atoms with Crippen LogP contribution in [-0.4, -0.2) is 12.6 Å². The van der Waals surface area contributed by atoms with Crippen LogP contribution in [0.2, 0.25) is 0 Å². The second-order valence-electron chi connectivity index (χ2n) is 3.66. The predicted molar refractivity (Wildman–Crippen MR) is 58.3 cm³/mol. The molecule has 2 rings (SSSR count). The quantitative estimate of drug-likeness (QED) is 0.369. The molecule has 0 unspecified atom stereocenters. The predicted octanol–water partition coefficient (Wildman–Crippen LogP) is 2.53. The molecule has 8 heteroatoms. The van der Waals surface area contributed by atoms with Crippen molar-refractivity contribution in [2.45, 2.75) is 6.92 Å². The Morgan fingerprint density at radius 1 is 1.15 bits per heavy atom. The molecule has 1 aromatic heterocycles. The van der Waals surface area contributed by atoms with Crippen LogP contribution in [0.5, 0.6) is 0 Å². The summed E-state index contributed by atoms with van der Waals surface area (Å²) < 4.78 is 62.0. The van der Waals surface area contributed by atoms with Gasteiger partial charge in [0.1, 0.15) is 17.2 Å². The van der Waals surface area contributed by atoms with E-state index in [2.05, 4.69) is 9.15 Å². The van der Waals surface area contributed by atoms with Gasteiger partial charge in [0.05, 0.1) is 6.61 Å². The molecule has 20 heavy (non-hydrogen) atoms. The van der Waals surface area contributed by atoms with Gasteiger partial charge in [-0.15, -0.1) is 0 Å². The van der Waals surface area contributed by atoms with E-state index in [9.17, 15) is 27.2 Å². The standard InChI is InChI=1S/C12H6F4O4/c1-2-19-12(18)4-3-20-11-5(10(4)17)6(13)7(14)8(15)9(11)16/h3H,2H2,1H3. The van der Waals surface area contributed by atoms with Crippen LogP contribution in [-0.2, 0) is 4.74 Å². The molecule has 0 amide bonds. The van der Waals surface area contributed by atoms with Gasteiger partial charge >= 0.3 is 5.97 Å². The summed E-state index contributed by atoms with van der Waals surface area (Å²) in [6, 6.07) is 0. The lowest BCUT2D eigenvalue weighted by molar-refractivity contribution is 0.0522. The van der Waals surface area contributed by atoms with Crippen LogP contribution in [0.15, 0.2) is 15.5 Å². The Hall–Kier alpha value is -2.38. The molecular formula is C12H6F4O4. The Morgan fingerprint density at radius 3 is 2.35 bits per heavy atom. The molecule has 0 saturated carbocycles. The van der Waals surface area contributed by atoms with Crippen molar-refractivity contribution >= 4 is 16.9 Å². The number of halogens is 4. The third-order valence-corrected chi connectivity index (χ3v) is 2.49. The van der Waals surface area contributed by atoms with E-state index in [1.165, 1.54) is 6.92 Å². The van der Waals surface area contributed by atoms with Gasteiger partial charge in [0.15, 0.2) is 17.2 Å². The molecule has 0 aliphatic rings. The van der Waals surface area contributed by atoms with E-state index < -0.39 is 51.2 Å². The first-order valence-corrected chi connectivity index (χ1v) is 5.34. The van der Waals surface area contributed by atoms with Gasteiger partial charge in [-0.1, -0.05) is 0 Å². The summed E-state index contributed by atoms with van der Waals surface area (Å²) in [5.41, 5.74) is -3.21. The Labute approximate surface area is 108 Å². The topological polar surface area (TPSA) is 56.5 Å². The lowest BCUT2D eigenvalue weighted by atomic mass is 10.1. The molecule has 0 saturated heterocycles. The summed E-state index contributed by atoms with van der Waals surface area (Å²) in [5.74, 6) is -9.21. The van der Waals surface area contributed by atoms with Crippen LogP contribution >= 0.6 is 0 Å². The molecule has 0 spiro atoms. The molecule has 106 valence electrons. The van der Waals surface area contributed by atoms with Crippen molar-refractivity contribution in [3.8, 4) is 0 Å². The van der Waals surface area contributed by atoms with Crippen LogP contribution in [0.1, 0.15) is 17.3 Å². The first-order chi connectivity index (χ1) is 9.40. The Bertz CT molecular complexity index is 766. The van der Waals surface area contributed by atoms with Crippen LogP contribution in [0, 0.1) is 23.3 Å². The normalized spacial score (nSPS) is 10.8. The minimum atomic E-state index is -2.16. The van der Waals surface area contributed by atoms with Crippen molar-refractivity contribution < 1.29 is 31.5 Å². The average Bonchev–Trinajstić information content (AvgIpc) is 2.42. The maximum atomic E-state index is 13.5. The molecule has 0 aliphatic carbocycles. The second kappa shape index (κ2) is 4.95. The minimum absolute atomic E-state index is 0.0784. The van der Waals surface area contributed by atoms with Gasteiger partial charge in [-0.2, -0.15) is 4.39 Å². The fourth-order valence-corrected chi connectivity index (χ4v) is 1.58. The first-order valence-electron chi connectivity index (χ1n) is 5.34. The van der Waals surface area contributed by atoms with Gasteiger partial charge in [0.25, 0.3) is 0 Å². The molecule has 0 N–H and O–H groups in total. The highest BCUT2D eigenvalue weighted by atomic mass is 19.2. The van der Waals surface area contributed by atoms with Crippen molar-refractivity contribution in [2.75, 3.05) is 6.61 Å². The molecule has 1 aromatic carbocycles. The molecule has 0 bridgehead atoms. The average molecular weight is 290 g/mol. The Kier molecular flexibility index (Phi) is 3.47. The van der Waals surface area contributed by atoms with Gasteiger partial charge < -0.3 is 9.15 Å². The number of hydrogen-bond donors (Lipinski definition) is 0. The zero-order valence-electron chi connectivity index (χ0n) is 9.93. The SMILES string of the molecule is CCOC(=O)c1coc2c(F)c(F)c(F)c(F)c2c1=O. The number of esters is 1. The first kappa shape index (κ1) is 14.0. The molecule has 0 fully saturated rings. The molecule has 1 heterocycles. The number of hydrogen-bond acceptors (Lipinski definition) is 4. The molecule has 4 nitrogen and oxygen atoms in total. The van der Waals surface area contributed by atoms with Crippen LogP contribution < -0.4 is 5.43 Å². The summed E-state index contributed by atoms with van der Waals surface area (Å²) in [4.78, 5) is 23.2. The number of benzene rings is 1. The van der Waals surface area contributed by atoms with E-state index in [0.29, 0.717) is 6.26 Å². The van der Waals surface area contributed by atoms with Crippen molar-refractivity contribution in [1.82, 2.24) is 0 Å². The van der Waals surface area contributed by atoms with Crippen molar-refractivity contribution in [3.05, 3.63) is 45.3 Å². The summed E-state index contributed by atoms with van der Waals surface area (Å²) in [7, 11) is 0. The third-order valence-electron chi connectivity index (χ3n) is 2.49. The summed E-state index contributed by atoms with van der Waals surface area (Å²) in [6.45, 7) is 1.38. The fourth-order valence-electron chi connectivity index (χ4n) is 1.58. The maximum Gasteiger partial charge on any atom is 0.345 e. The van der Waals surface area contributed by atoms with Crippen LogP contribution in [0.4, 0.5) is 17.6 Å². The summed E-state index contributed by atoms with van der Waals surface area (Å²) >= 11 is 0. The van der Waals surface area contributed by atoms with Crippen LogP contribution in [0.3, 0.4) is 0 Å². The molecule has 0 aliphatic heterocycles. The van der Waals surface area contributed by atoms with E-state index in [4.69, 9.17) is 0 Å². The maximum absolute atomic E-state index is 13.5. The number of ether oxygens (including phenoxy) is 1. The third kappa shape index (κ3) is 1.93. The summed E-state index contributed by atoms with van der Waals surface area (Å²) in [6.07, 6.45) is 0.503. The van der Waals surface area contributed by atoms with Gasteiger partial charge in [0.2, 0.25) is 17.1 Å². The van der Waals surface area contributed by atoms with E-state index in [1.54, 1.807) is 0 Å². The lowest BCUT2D eigenvalue weighted by Crippen LogP contribution is -2.19. The number of fused-ring (bicyclic) bond motifs is 1. The fraction of sp³-hybridized carbons (Fsp3) is 0.167. The van der Waals surface area contributed by atoms with E-state index in [1.807, 2.05) is 0 Å². The Morgan fingerprint density at radius 2 is 1.75 bits per heavy atom. The molecular weight excluding hydrogens is 284 g/mol.